The van der Waals surface area contributed by atoms with Crippen molar-refractivity contribution in [2.45, 2.75) is 25.9 Å². The number of ether oxygens (including phenoxy) is 1. The number of carbonyl (C=O) groups excluding carboxylic acids is 2. The Morgan fingerprint density at radius 1 is 1.35 bits per heavy atom. The molecule has 0 saturated heterocycles. The Morgan fingerprint density at radius 2 is 1.95 bits per heavy atom. The van der Waals surface area contributed by atoms with Crippen LogP contribution in [0.4, 0.5) is 0 Å². The highest BCUT2D eigenvalue weighted by Crippen LogP contribution is 2.09. The molecule has 0 radical (unpaired) electrons. The highest BCUT2D eigenvalue weighted by atomic mass is 16.5. The predicted octanol–water partition coefficient (Wildman–Crippen LogP) is 0.905. The van der Waals surface area contributed by atoms with E-state index in [1.807, 2.05) is 30.3 Å². The van der Waals surface area contributed by atoms with Crippen LogP contribution in [-0.2, 0) is 20.7 Å². The fraction of sp³-hybridized carbons (Fsp3) is 0.467. The van der Waals surface area contributed by atoms with Crippen molar-refractivity contribution in [3.63, 3.8) is 0 Å². The molecule has 0 heterocycles. The molecule has 2 atom stereocenters. The summed E-state index contributed by atoms with van der Waals surface area (Å²) in [5.74, 6) is -1.22. The van der Waals surface area contributed by atoms with Gasteiger partial charge in [0.1, 0.15) is 0 Å². The van der Waals surface area contributed by atoms with Crippen LogP contribution in [0.2, 0.25) is 0 Å². The lowest BCUT2D eigenvalue weighted by atomic mass is 10.00. The normalized spacial score (nSPS) is 15.0. The van der Waals surface area contributed by atoms with Crippen LogP contribution in [0.25, 0.3) is 0 Å². The molecule has 20 heavy (non-hydrogen) atoms. The first-order chi connectivity index (χ1) is 9.36. The quantitative estimate of drug-likeness (QED) is 0.759. The van der Waals surface area contributed by atoms with Gasteiger partial charge in [0.15, 0.2) is 5.60 Å². The van der Waals surface area contributed by atoms with E-state index < -0.39 is 11.6 Å². The van der Waals surface area contributed by atoms with Gasteiger partial charge in [-0.1, -0.05) is 37.3 Å². The monoisotopic (exact) mass is 279 g/mol. The van der Waals surface area contributed by atoms with Gasteiger partial charge >= 0.3 is 5.97 Å². The minimum Gasteiger partial charge on any atom is -0.467 e. The Morgan fingerprint density at radius 3 is 2.50 bits per heavy atom. The first kappa shape index (κ1) is 16.2. The molecule has 0 saturated carbocycles. The summed E-state index contributed by atoms with van der Waals surface area (Å²) in [7, 11) is 1.19. The number of aliphatic hydroxyl groups is 1. The van der Waals surface area contributed by atoms with Gasteiger partial charge in [0.25, 0.3) is 0 Å². The molecule has 2 N–H and O–H groups in total. The van der Waals surface area contributed by atoms with E-state index >= 15 is 0 Å². The minimum atomic E-state index is -1.71. The summed E-state index contributed by atoms with van der Waals surface area (Å²) in [4.78, 5) is 23.2. The number of esters is 1. The van der Waals surface area contributed by atoms with Crippen LogP contribution < -0.4 is 5.32 Å². The van der Waals surface area contributed by atoms with Crippen molar-refractivity contribution < 1.29 is 19.4 Å². The van der Waals surface area contributed by atoms with Crippen LogP contribution in [0.3, 0.4) is 0 Å². The third-order valence-electron chi connectivity index (χ3n) is 3.06. The van der Waals surface area contributed by atoms with Gasteiger partial charge in [0.2, 0.25) is 5.91 Å². The molecule has 0 aliphatic rings. The molecule has 1 amide bonds. The summed E-state index contributed by atoms with van der Waals surface area (Å²) in [5, 5.41) is 12.4. The van der Waals surface area contributed by atoms with Crippen LogP contribution in [0.15, 0.2) is 30.3 Å². The van der Waals surface area contributed by atoms with Crippen molar-refractivity contribution in [2.24, 2.45) is 5.92 Å². The second-order valence-electron chi connectivity index (χ2n) is 5.07. The summed E-state index contributed by atoms with van der Waals surface area (Å²) in [6, 6.07) is 9.66. The van der Waals surface area contributed by atoms with E-state index in [4.69, 9.17) is 0 Å². The summed E-state index contributed by atoms with van der Waals surface area (Å²) < 4.78 is 4.46. The van der Waals surface area contributed by atoms with Crippen molar-refractivity contribution in [3.05, 3.63) is 35.9 Å². The van der Waals surface area contributed by atoms with Crippen LogP contribution in [-0.4, -0.2) is 36.2 Å². The lowest BCUT2D eigenvalue weighted by Gasteiger charge is -2.21. The SMILES string of the molecule is COC(=O)[C@](C)(O)CNC(=O)[C@H](C)Cc1ccccc1. The van der Waals surface area contributed by atoms with Gasteiger partial charge in [-0.2, -0.15) is 0 Å². The number of hydrogen-bond acceptors (Lipinski definition) is 4. The van der Waals surface area contributed by atoms with Crippen molar-refractivity contribution in [1.82, 2.24) is 5.32 Å². The second kappa shape index (κ2) is 7.05. The van der Waals surface area contributed by atoms with E-state index in [0.717, 1.165) is 5.56 Å². The average Bonchev–Trinajstić information content (AvgIpc) is 2.44. The summed E-state index contributed by atoms with van der Waals surface area (Å²) >= 11 is 0. The van der Waals surface area contributed by atoms with E-state index in [9.17, 15) is 14.7 Å². The number of benzene rings is 1. The molecule has 1 rings (SSSR count). The maximum absolute atomic E-state index is 11.9. The van der Waals surface area contributed by atoms with Gasteiger partial charge in [-0.05, 0) is 18.9 Å². The first-order valence-electron chi connectivity index (χ1n) is 6.49. The molecule has 1 aromatic carbocycles. The van der Waals surface area contributed by atoms with Crippen molar-refractivity contribution in [2.75, 3.05) is 13.7 Å². The summed E-state index contributed by atoms with van der Waals surface area (Å²) in [5.41, 5.74) is -0.647. The topological polar surface area (TPSA) is 75.6 Å². The molecular weight excluding hydrogens is 258 g/mol. The predicted molar refractivity (Wildman–Crippen MR) is 75.0 cm³/mol. The number of hydrogen-bond donors (Lipinski definition) is 2. The third-order valence-corrected chi connectivity index (χ3v) is 3.06. The van der Waals surface area contributed by atoms with Gasteiger partial charge in [-0.15, -0.1) is 0 Å². The highest BCUT2D eigenvalue weighted by molar-refractivity contribution is 5.82. The van der Waals surface area contributed by atoms with Gasteiger partial charge in [-0.25, -0.2) is 4.79 Å². The molecule has 0 fully saturated rings. The zero-order chi connectivity index (χ0) is 15.2. The van der Waals surface area contributed by atoms with E-state index in [1.54, 1.807) is 6.92 Å². The Kier molecular flexibility index (Phi) is 5.70. The largest absolute Gasteiger partial charge is 0.467 e. The maximum Gasteiger partial charge on any atom is 0.339 e. The number of nitrogens with one attached hydrogen (secondary N) is 1. The molecule has 0 aliphatic heterocycles. The van der Waals surface area contributed by atoms with Gasteiger partial charge in [0.05, 0.1) is 13.7 Å². The third kappa shape index (κ3) is 4.66. The zero-order valence-corrected chi connectivity index (χ0v) is 12.1. The van der Waals surface area contributed by atoms with Gasteiger partial charge in [-0.3, -0.25) is 4.79 Å². The van der Waals surface area contributed by atoms with Crippen molar-refractivity contribution in [1.29, 1.82) is 0 Å². The molecule has 5 nitrogen and oxygen atoms in total. The van der Waals surface area contributed by atoms with E-state index in [-0.39, 0.29) is 18.4 Å². The smallest absolute Gasteiger partial charge is 0.339 e. The second-order valence-corrected chi connectivity index (χ2v) is 5.07. The molecular formula is C15H21NO4. The van der Waals surface area contributed by atoms with Crippen LogP contribution in [0.1, 0.15) is 19.4 Å². The molecule has 0 aromatic heterocycles. The minimum absolute atomic E-state index is 0.169. The summed E-state index contributed by atoms with van der Waals surface area (Å²) in [6.45, 7) is 2.94. The molecule has 0 unspecified atom stereocenters. The van der Waals surface area contributed by atoms with Gasteiger partial charge < -0.3 is 15.2 Å². The number of methoxy groups -OCH3 is 1. The standard InChI is InChI=1S/C15H21NO4/c1-11(9-12-7-5-4-6-8-12)13(17)16-10-15(2,19)14(18)20-3/h4-8,11,19H,9-10H2,1-3H3,(H,16,17)/t11-,15-/m1/s1. The van der Waals surface area contributed by atoms with E-state index in [1.165, 1.54) is 14.0 Å². The van der Waals surface area contributed by atoms with Gasteiger partial charge in [0, 0.05) is 5.92 Å². The highest BCUT2D eigenvalue weighted by Gasteiger charge is 2.32. The molecule has 1 aromatic rings. The van der Waals surface area contributed by atoms with E-state index in [2.05, 4.69) is 10.1 Å². The molecule has 0 spiro atoms. The Hall–Kier alpha value is -1.88. The van der Waals surface area contributed by atoms with E-state index in [0.29, 0.717) is 6.42 Å². The van der Waals surface area contributed by atoms with Crippen LogP contribution >= 0.6 is 0 Å². The van der Waals surface area contributed by atoms with Crippen LogP contribution in [0, 0.1) is 5.92 Å². The first-order valence-corrected chi connectivity index (χ1v) is 6.49. The average molecular weight is 279 g/mol. The Labute approximate surface area is 118 Å². The fourth-order valence-electron chi connectivity index (χ4n) is 1.79. The molecule has 5 heteroatoms. The number of amides is 1. The van der Waals surface area contributed by atoms with Crippen molar-refractivity contribution in [3.8, 4) is 0 Å². The number of rotatable bonds is 6. The number of carbonyl (C=O) groups is 2. The Balaban J connectivity index is 2.48. The Bertz CT molecular complexity index is 456. The molecule has 0 bridgehead atoms. The zero-order valence-electron chi connectivity index (χ0n) is 12.1. The summed E-state index contributed by atoms with van der Waals surface area (Å²) in [6.07, 6.45) is 0.604. The lowest BCUT2D eigenvalue weighted by Crippen LogP contribution is -2.48. The maximum atomic E-state index is 11.9. The molecule has 110 valence electrons. The fourth-order valence-corrected chi connectivity index (χ4v) is 1.79. The lowest BCUT2D eigenvalue weighted by molar-refractivity contribution is -0.160. The van der Waals surface area contributed by atoms with Crippen molar-refractivity contribution >= 4 is 11.9 Å². The molecule has 0 aliphatic carbocycles. The van der Waals surface area contributed by atoms with Crippen LogP contribution in [0.5, 0.6) is 0 Å².